The molecule has 61 heavy (non-hydrogen) atoms. The molecule has 0 aliphatic heterocycles. The van der Waals surface area contributed by atoms with Gasteiger partial charge in [0.25, 0.3) is 5.91 Å². The van der Waals surface area contributed by atoms with Gasteiger partial charge in [0, 0.05) is 44.7 Å². The van der Waals surface area contributed by atoms with Crippen LogP contribution in [0.5, 0.6) is 5.75 Å². The lowest BCUT2D eigenvalue weighted by Gasteiger charge is -2.23. The lowest BCUT2D eigenvalue weighted by molar-refractivity contribution is -0.122. The van der Waals surface area contributed by atoms with Crippen molar-refractivity contribution in [1.29, 1.82) is 0 Å². The van der Waals surface area contributed by atoms with Crippen LogP contribution in [-0.4, -0.2) is 67.1 Å². The summed E-state index contributed by atoms with van der Waals surface area (Å²) in [5, 5.41) is 23.8. The summed E-state index contributed by atoms with van der Waals surface area (Å²) in [4.78, 5) is 45.5. The molecule has 0 aliphatic rings. The Bertz CT molecular complexity index is 1940. The molecular weight excluding hydrogens is 776 g/mol. The molecule has 2 atom stereocenters. The van der Waals surface area contributed by atoms with E-state index in [-0.39, 0.29) is 44.6 Å². The molecule has 0 bridgehead atoms. The molecule has 0 fully saturated rings. The van der Waals surface area contributed by atoms with E-state index in [1.165, 1.54) is 13.2 Å². The van der Waals surface area contributed by atoms with Crippen LogP contribution in [0.3, 0.4) is 0 Å². The number of allylic oxidation sites excluding steroid dienone is 1. The number of aromatic nitrogens is 2. The molecule has 0 saturated carbocycles. The molecule has 15 heteroatoms. The van der Waals surface area contributed by atoms with Crippen molar-refractivity contribution in [2.24, 2.45) is 0 Å². The number of aryl methyl sites for hydroxylation is 1. The summed E-state index contributed by atoms with van der Waals surface area (Å²) in [6, 6.07) is 22.4. The number of carbonyl (C=O) groups excluding carboxylic acids is 3. The van der Waals surface area contributed by atoms with Gasteiger partial charge in [-0.2, -0.15) is 0 Å². The van der Waals surface area contributed by atoms with Crippen molar-refractivity contribution >= 4 is 34.9 Å². The smallest absolute Gasteiger partial charge is 0.319 e. The summed E-state index contributed by atoms with van der Waals surface area (Å²) in [6.45, 7) is 20.3. The minimum atomic E-state index is -0.502. The van der Waals surface area contributed by atoms with E-state index < -0.39 is 18.4 Å². The number of pyridine rings is 2. The van der Waals surface area contributed by atoms with E-state index in [0.29, 0.717) is 35.6 Å². The van der Waals surface area contributed by atoms with E-state index in [2.05, 4.69) is 59.1 Å². The van der Waals surface area contributed by atoms with Gasteiger partial charge in [0.05, 0.1) is 29.9 Å². The molecular formula is C46H79FN10O4. The fourth-order valence-electron chi connectivity index (χ4n) is 5.17. The minimum absolute atomic E-state index is 0. The largest absolute Gasteiger partial charge is 0.494 e. The van der Waals surface area contributed by atoms with Gasteiger partial charge in [-0.3, -0.25) is 30.2 Å². The molecule has 2 aromatic heterocycles. The number of rotatable bonds is 19. The third-order valence-corrected chi connectivity index (χ3v) is 7.88. The van der Waals surface area contributed by atoms with Gasteiger partial charge < -0.3 is 36.6 Å². The monoisotopic (exact) mass is 855 g/mol. The van der Waals surface area contributed by atoms with E-state index in [0.717, 1.165) is 23.4 Å². The normalized spacial score (nSPS) is 11.3. The molecule has 4 rings (SSSR count). The number of hydrogen-bond donors (Lipinski definition) is 8. The third kappa shape index (κ3) is 20.5. The Morgan fingerprint density at radius 3 is 2.05 bits per heavy atom. The zero-order chi connectivity index (χ0) is 45.6. The van der Waals surface area contributed by atoms with Gasteiger partial charge in [0.2, 0.25) is 5.91 Å². The van der Waals surface area contributed by atoms with Crippen molar-refractivity contribution in [3.05, 3.63) is 132 Å². The van der Waals surface area contributed by atoms with Gasteiger partial charge in [0.1, 0.15) is 0 Å². The number of anilines is 1. The maximum atomic E-state index is 13.7. The highest BCUT2D eigenvalue weighted by atomic mass is 19.1. The number of benzene rings is 2. The van der Waals surface area contributed by atoms with Crippen LogP contribution in [0.15, 0.2) is 104 Å². The molecule has 0 spiro atoms. The van der Waals surface area contributed by atoms with Crippen molar-refractivity contribution in [1.82, 2.24) is 47.2 Å². The Morgan fingerprint density at radius 2 is 1.49 bits per heavy atom. The van der Waals surface area contributed by atoms with Gasteiger partial charge in [-0.05, 0) is 100 Å². The summed E-state index contributed by atoms with van der Waals surface area (Å²) < 4.78 is 18.6. The fourth-order valence-corrected chi connectivity index (χ4v) is 5.17. The van der Waals surface area contributed by atoms with Crippen LogP contribution in [0, 0.1) is 5.82 Å². The first-order chi connectivity index (χ1) is 29.5. The van der Waals surface area contributed by atoms with Crippen molar-refractivity contribution in [3.63, 3.8) is 0 Å². The average molecular weight is 855 g/mol. The first-order valence-corrected chi connectivity index (χ1v) is 20.7. The highest BCUT2D eigenvalue weighted by molar-refractivity contribution is 5.97. The number of nitrogens with zero attached hydrogens (tertiary/aromatic N) is 2. The first-order valence-electron chi connectivity index (χ1n) is 20.7. The zero-order valence-corrected chi connectivity index (χ0v) is 37.4. The van der Waals surface area contributed by atoms with Gasteiger partial charge in [-0.25, -0.2) is 9.18 Å². The SMILES string of the molecule is C=C(NC(NC)NC(=O)CCc1ccc(OC)c(F)c1)c1ccccn1.CC.CC.CC/C=C(/NC(NCC)NC(=O)c1cccc(NC(=O)NC(C)C)c1)c1ccccn1.[HH].[HH].[HH].[HH].[HH].[HH]. The van der Waals surface area contributed by atoms with Gasteiger partial charge in [-0.15, -0.1) is 0 Å². The Labute approximate surface area is 371 Å². The van der Waals surface area contributed by atoms with E-state index in [4.69, 9.17) is 4.74 Å². The molecule has 4 aromatic rings. The Kier molecular flexibility index (Phi) is 26.5. The number of methoxy groups -OCH3 is 1. The van der Waals surface area contributed by atoms with Crippen LogP contribution in [0.1, 0.15) is 104 Å². The Hall–Kier alpha value is -6.32. The predicted molar refractivity (Wildman–Crippen MR) is 258 cm³/mol. The van der Waals surface area contributed by atoms with Crippen molar-refractivity contribution in [2.45, 2.75) is 93.3 Å². The number of ether oxygens (including phenoxy) is 1. The molecule has 2 unspecified atom stereocenters. The molecule has 14 nitrogen and oxygen atoms in total. The molecule has 0 radical (unpaired) electrons. The lowest BCUT2D eigenvalue weighted by atomic mass is 10.1. The van der Waals surface area contributed by atoms with Crippen LogP contribution >= 0.6 is 0 Å². The minimum Gasteiger partial charge on any atom is -0.494 e. The molecule has 4 amide bonds. The first kappa shape index (κ1) is 52.7. The maximum absolute atomic E-state index is 13.7. The molecule has 344 valence electrons. The Balaban J connectivity index is -0.000000241. The molecule has 0 aliphatic carbocycles. The second-order valence-electron chi connectivity index (χ2n) is 12.8. The van der Waals surface area contributed by atoms with Crippen molar-refractivity contribution in [2.75, 3.05) is 26.0 Å². The standard InChI is InChI=1S/C23H32N6O2.C19H23FN4O2.2C2H6.6H2/c1-5-10-20(19-13-7-8-14-25-19)28-22(24-6-2)29-21(30)17-11-9-12-18(15-17)27-23(31)26-16(3)4;1-13(16-6-4-5-11-22-16)23-19(21-2)24-18(25)10-8-14-7-9-17(26-3)15(20)12-14;2*1-2;;;;;;/h7-16,22,24,28H,5-6H2,1-4H3,(H,29,30)(H2,26,27,31);4-7,9,11-12,19,21,23H,1,8,10H2,2-3H3,(H,24,25);2*1-2H3;6*1H/b20-10+;;;;;;;;;. The average Bonchev–Trinajstić information content (AvgIpc) is 3.27. The summed E-state index contributed by atoms with van der Waals surface area (Å²) in [7, 11) is 3.12. The highest BCUT2D eigenvalue weighted by Gasteiger charge is 2.16. The number of urea groups is 1. The maximum Gasteiger partial charge on any atom is 0.319 e. The van der Waals surface area contributed by atoms with Crippen LogP contribution in [-0.2, 0) is 11.2 Å². The topological polar surface area (TPSA) is 182 Å². The summed E-state index contributed by atoms with van der Waals surface area (Å²) in [5.74, 6) is -0.706. The second kappa shape index (κ2) is 30.7. The molecule has 0 saturated heterocycles. The molecule has 2 heterocycles. The van der Waals surface area contributed by atoms with Crippen LogP contribution < -0.4 is 47.3 Å². The fraction of sp³-hybridized carbons (Fsp3) is 0.370. The van der Waals surface area contributed by atoms with Gasteiger partial charge in [0.15, 0.2) is 24.1 Å². The summed E-state index contributed by atoms with van der Waals surface area (Å²) in [5.41, 5.74) is 4.60. The lowest BCUT2D eigenvalue weighted by Crippen LogP contribution is -2.54. The van der Waals surface area contributed by atoms with E-state index >= 15 is 0 Å². The molecule has 8 N–H and O–H groups in total. The van der Waals surface area contributed by atoms with Crippen LogP contribution in [0.4, 0.5) is 14.9 Å². The number of nitrogens with one attached hydrogen (secondary N) is 8. The third-order valence-electron chi connectivity index (χ3n) is 7.88. The van der Waals surface area contributed by atoms with E-state index in [1.54, 1.807) is 55.8 Å². The van der Waals surface area contributed by atoms with Crippen LogP contribution in [0.25, 0.3) is 11.4 Å². The highest BCUT2D eigenvalue weighted by Crippen LogP contribution is 2.18. The number of carbonyl (C=O) groups is 3. The van der Waals surface area contributed by atoms with Crippen molar-refractivity contribution < 1.29 is 32.1 Å². The molecule has 2 aromatic carbocycles. The van der Waals surface area contributed by atoms with Gasteiger partial charge >= 0.3 is 6.03 Å². The number of hydrogen-bond acceptors (Lipinski definition) is 10. The summed E-state index contributed by atoms with van der Waals surface area (Å²) >= 11 is 0. The van der Waals surface area contributed by atoms with E-state index in [1.807, 2.05) is 97.9 Å². The Morgan fingerprint density at radius 1 is 0.820 bits per heavy atom. The quantitative estimate of drug-likeness (QED) is 0.0425. The number of halogens is 1. The van der Waals surface area contributed by atoms with E-state index in [9.17, 15) is 18.8 Å². The predicted octanol–water partition coefficient (Wildman–Crippen LogP) is 8.85. The zero-order valence-electron chi connectivity index (χ0n) is 37.4. The van der Waals surface area contributed by atoms with Crippen LogP contribution in [0.2, 0.25) is 0 Å². The number of amides is 4. The second-order valence-corrected chi connectivity index (χ2v) is 12.8. The van der Waals surface area contributed by atoms with Crippen molar-refractivity contribution in [3.8, 4) is 5.75 Å². The summed E-state index contributed by atoms with van der Waals surface area (Å²) in [6.07, 6.45) is 5.89. The van der Waals surface area contributed by atoms with Gasteiger partial charge in [-0.1, -0.05) is 78.5 Å².